The molecule has 276 valence electrons. The van der Waals surface area contributed by atoms with Gasteiger partial charge in [-0.05, 0) is 49.4 Å². The zero-order chi connectivity index (χ0) is 37.3. The van der Waals surface area contributed by atoms with E-state index in [1.807, 2.05) is 41.5 Å². The maximum atomic E-state index is 13.7. The third-order valence-electron chi connectivity index (χ3n) is 7.64. The zero-order valence-corrected chi connectivity index (χ0v) is 29.6. The van der Waals surface area contributed by atoms with E-state index in [2.05, 4.69) is 26.6 Å². The average molecular weight is 686 g/mol. The molecule has 0 heterocycles. The molecule has 0 aliphatic carbocycles. The molecule has 0 aromatic rings. The minimum Gasteiger partial charge on any atom is -0.480 e. The van der Waals surface area contributed by atoms with Crippen LogP contribution in [0.2, 0.25) is 0 Å². The summed E-state index contributed by atoms with van der Waals surface area (Å²) in [6, 6.07) is -7.07. The topological polar surface area (TPSA) is 272 Å². The Morgan fingerprint density at radius 3 is 1.31 bits per heavy atom. The second kappa shape index (κ2) is 22.0. The van der Waals surface area contributed by atoms with E-state index in [1.165, 1.54) is 0 Å². The Morgan fingerprint density at radius 1 is 0.604 bits per heavy atom. The molecule has 0 fully saturated rings. The number of carboxylic acid groups (broad SMARTS) is 1. The van der Waals surface area contributed by atoms with Gasteiger partial charge in [0.05, 0.1) is 6.61 Å². The normalized spacial score (nSPS) is 15.8. The summed E-state index contributed by atoms with van der Waals surface area (Å²) in [5.74, 6) is -6.15. The quantitative estimate of drug-likeness (QED) is 0.0650. The number of carbonyl (C=O) groups excluding carboxylic acids is 6. The molecule has 0 rings (SSSR count). The van der Waals surface area contributed by atoms with Gasteiger partial charge in [-0.3, -0.25) is 28.8 Å². The molecule has 0 bridgehead atoms. The van der Waals surface area contributed by atoms with Crippen LogP contribution in [0, 0.1) is 23.7 Å². The number of nitrogens with two attached hydrogens (primary N) is 2. The Hall–Kier alpha value is -3.79. The van der Waals surface area contributed by atoms with E-state index in [-0.39, 0.29) is 49.9 Å². The van der Waals surface area contributed by atoms with Gasteiger partial charge in [-0.25, -0.2) is 4.79 Å². The van der Waals surface area contributed by atoms with Crippen molar-refractivity contribution in [1.29, 1.82) is 0 Å². The fourth-order valence-corrected chi connectivity index (χ4v) is 4.78. The van der Waals surface area contributed by atoms with Crippen LogP contribution in [0.15, 0.2) is 0 Å². The van der Waals surface area contributed by atoms with Gasteiger partial charge < -0.3 is 48.3 Å². The first-order valence-electron chi connectivity index (χ1n) is 16.6. The minimum atomic E-state index is -1.41. The predicted octanol–water partition coefficient (Wildman–Crippen LogP) is -0.735. The fourth-order valence-electron chi connectivity index (χ4n) is 4.78. The van der Waals surface area contributed by atoms with Gasteiger partial charge in [-0.15, -0.1) is 0 Å². The van der Waals surface area contributed by atoms with E-state index in [1.54, 1.807) is 13.8 Å². The van der Waals surface area contributed by atoms with Crippen LogP contribution in [0.4, 0.5) is 0 Å². The van der Waals surface area contributed by atoms with Crippen LogP contribution in [0.25, 0.3) is 0 Å². The molecule has 0 aliphatic heterocycles. The number of aliphatic hydroxyl groups excluding tert-OH is 1. The van der Waals surface area contributed by atoms with Crippen molar-refractivity contribution in [2.75, 3.05) is 6.61 Å². The Labute approximate surface area is 283 Å². The number of carboxylic acids is 1. The van der Waals surface area contributed by atoms with Gasteiger partial charge in [0.15, 0.2) is 0 Å². The monoisotopic (exact) mass is 685 g/mol. The second-order valence-corrected chi connectivity index (χ2v) is 13.6. The summed E-state index contributed by atoms with van der Waals surface area (Å²) < 4.78 is 0. The molecule has 0 aromatic heterocycles. The summed E-state index contributed by atoms with van der Waals surface area (Å²) in [5.41, 5.74) is 10.7. The van der Waals surface area contributed by atoms with E-state index in [4.69, 9.17) is 11.5 Å². The van der Waals surface area contributed by atoms with Crippen molar-refractivity contribution in [1.82, 2.24) is 26.6 Å². The van der Waals surface area contributed by atoms with E-state index in [9.17, 15) is 43.8 Å². The molecule has 0 saturated heterocycles. The van der Waals surface area contributed by atoms with Gasteiger partial charge in [-0.1, -0.05) is 61.8 Å². The molecule has 0 radical (unpaired) electrons. The molecule has 48 heavy (non-hydrogen) atoms. The highest BCUT2D eigenvalue weighted by Gasteiger charge is 2.35. The van der Waals surface area contributed by atoms with E-state index < -0.39 is 90.2 Å². The van der Waals surface area contributed by atoms with Crippen molar-refractivity contribution in [3.8, 4) is 0 Å². The highest BCUT2D eigenvalue weighted by atomic mass is 16.4. The third kappa shape index (κ3) is 16.9. The van der Waals surface area contributed by atoms with Crippen LogP contribution in [0.3, 0.4) is 0 Å². The van der Waals surface area contributed by atoms with Crippen molar-refractivity contribution in [3.05, 3.63) is 0 Å². The maximum absolute atomic E-state index is 13.7. The van der Waals surface area contributed by atoms with Crippen LogP contribution >= 0.6 is 0 Å². The molecule has 0 unspecified atom stereocenters. The molecule has 0 aliphatic rings. The molecular formula is C32H59N7O9. The molecule has 6 amide bonds. The highest BCUT2D eigenvalue weighted by Crippen LogP contribution is 2.14. The molecule has 11 N–H and O–H groups in total. The van der Waals surface area contributed by atoms with Crippen molar-refractivity contribution >= 4 is 41.4 Å². The zero-order valence-electron chi connectivity index (χ0n) is 29.6. The Morgan fingerprint density at radius 2 is 0.979 bits per heavy atom. The van der Waals surface area contributed by atoms with Gasteiger partial charge in [0.2, 0.25) is 35.4 Å². The molecule has 0 spiro atoms. The van der Waals surface area contributed by atoms with Crippen LogP contribution < -0.4 is 38.1 Å². The number of rotatable bonds is 23. The minimum absolute atomic E-state index is 0.0208. The fraction of sp³-hybridized carbons (Fsp3) is 0.781. The summed E-state index contributed by atoms with van der Waals surface area (Å²) in [4.78, 5) is 89.2. The van der Waals surface area contributed by atoms with Gasteiger partial charge in [0.25, 0.3) is 0 Å². The third-order valence-corrected chi connectivity index (χ3v) is 7.64. The summed E-state index contributed by atoms with van der Waals surface area (Å²) in [7, 11) is 0. The molecule has 7 atom stereocenters. The Kier molecular flexibility index (Phi) is 20.2. The molecule has 16 nitrogen and oxygen atoms in total. The number of hydrogen-bond acceptors (Lipinski definition) is 9. The lowest BCUT2D eigenvalue weighted by molar-refractivity contribution is -0.143. The summed E-state index contributed by atoms with van der Waals surface area (Å²) in [5, 5.41) is 31.8. The number of primary amides is 1. The summed E-state index contributed by atoms with van der Waals surface area (Å²) >= 11 is 0. The molecule has 0 aromatic carbocycles. The Bertz CT molecular complexity index is 1100. The lowest BCUT2D eigenvalue weighted by atomic mass is 9.95. The van der Waals surface area contributed by atoms with E-state index in [0.29, 0.717) is 6.42 Å². The maximum Gasteiger partial charge on any atom is 0.326 e. The highest BCUT2D eigenvalue weighted by molar-refractivity contribution is 5.96. The number of hydrogen-bond donors (Lipinski definition) is 9. The molecular weight excluding hydrogens is 626 g/mol. The van der Waals surface area contributed by atoms with Crippen LogP contribution in [0.5, 0.6) is 0 Å². The Balaban J connectivity index is 6.14. The van der Waals surface area contributed by atoms with Crippen LogP contribution in [-0.4, -0.2) is 94.5 Å². The van der Waals surface area contributed by atoms with Gasteiger partial charge in [-0.2, -0.15) is 0 Å². The lowest BCUT2D eigenvalue weighted by Gasteiger charge is -2.30. The van der Waals surface area contributed by atoms with Crippen molar-refractivity contribution in [2.45, 2.75) is 130 Å². The first kappa shape index (κ1) is 44.2. The van der Waals surface area contributed by atoms with Crippen molar-refractivity contribution in [3.63, 3.8) is 0 Å². The summed E-state index contributed by atoms with van der Waals surface area (Å²) in [6.45, 7) is 13.9. The second-order valence-electron chi connectivity index (χ2n) is 13.6. The largest absolute Gasteiger partial charge is 0.480 e. The molecule has 16 heteroatoms. The number of carbonyl (C=O) groups is 7. The van der Waals surface area contributed by atoms with Gasteiger partial charge in [0, 0.05) is 6.42 Å². The van der Waals surface area contributed by atoms with Crippen molar-refractivity contribution in [2.24, 2.45) is 35.1 Å². The first-order chi connectivity index (χ1) is 22.2. The lowest BCUT2D eigenvalue weighted by Crippen LogP contribution is -2.60. The van der Waals surface area contributed by atoms with E-state index >= 15 is 0 Å². The van der Waals surface area contributed by atoms with Crippen LogP contribution in [0.1, 0.15) is 93.9 Å². The van der Waals surface area contributed by atoms with E-state index in [0.717, 1.165) is 0 Å². The summed E-state index contributed by atoms with van der Waals surface area (Å²) in [6.07, 6.45) is 0.548. The predicted molar refractivity (Wildman–Crippen MR) is 179 cm³/mol. The smallest absolute Gasteiger partial charge is 0.326 e. The van der Waals surface area contributed by atoms with Crippen molar-refractivity contribution < 1.29 is 43.8 Å². The van der Waals surface area contributed by atoms with Gasteiger partial charge >= 0.3 is 5.97 Å². The molecule has 0 saturated carbocycles. The number of aliphatic carboxylic acids is 1. The standard InChI is InChI=1S/C32H59N7O9/c1-9-19(8)26(31(46)35-21(32(47)48)10-11-25(34)41)39-30(45)24(14-18(6)7)38-29(44)23(13-17(4)5)37-28(43)22(12-16(2)3)36-27(42)20(33)15-40/h16-24,26,40H,9-15,33H2,1-8H3,(H2,34,41)(H,35,46)(H,36,42)(H,37,43)(H,38,44)(H,39,45)(H,47,48)/t19-,20-,21-,22-,23-,24-,26-/m0/s1. The number of nitrogens with one attached hydrogen (secondary N) is 5. The van der Waals surface area contributed by atoms with Crippen LogP contribution in [-0.2, 0) is 33.6 Å². The first-order valence-corrected chi connectivity index (χ1v) is 16.6. The average Bonchev–Trinajstić information content (AvgIpc) is 2.98. The van der Waals surface area contributed by atoms with Gasteiger partial charge in [0.1, 0.15) is 36.3 Å². The number of amides is 6. The number of aliphatic hydroxyl groups is 1. The SMILES string of the molecule is CC[C@H](C)[C@H](NC(=O)[C@H](CC(C)C)NC(=O)[C@H](CC(C)C)NC(=O)[C@H](CC(C)C)NC(=O)[C@@H](N)CO)C(=O)N[C@@H](CCC(N)=O)C(=O)O.